The second-order valence-electron chi connectivity index (χ2n) is 6.75. The Labute approximate surface area is 145 Å². The Morgan fingerprint density at radius 2 is 1.83 bits per heavy atom. The molecule has 1 N–H and O–H groups in total. The summed E-state index contributed by atoms with van der Waals surface area (Å²) in [6.45, 7) is 4.38. The fourth-order valence-electron chi connectivity index (χ4n) is 3.55. The summed E-state index contributed by atoms with van der Waals surface area (Å²) >= 11 is 0. The predicted octanol–water partition coefficient (Wildman–Crippen LogP) is 3.50. The lowest BCUT2D eigenvalue weighted by Gasteiger charge is -2.36. The summed E-state index contributed by atoms with van der Waals surface area (Å²) in [5, 5.41) is 2.97. The molecule has 132 valence electrons. The minimum Gasteiger partial charge on any atom is -0.465 e. The highest BCUT2D eigenvalue weighted by atomic mass is 16.5. The van der Waals surface area contributed by atoms with Crippen molar-refractivity contribution in [3.63, 3.8) is 0 Å². The SMILES string of the molecule is CCOC(=O)C(C)(C(=O)NCCc1ccccc1)C1CCCCC1. The van der Waals surface area contributed by atoms with Gasteiger partial charge in [0.2, 0.25) is 5.91 Å². The molecule has 0 spiro atoms. The van der Waals surface area contributed by atoms with Gasteiger partial charge in [-0.2, -0.15) is 0 Å². The average molecular weight is 331 g/mol. The van der Waals surface area contributed by atoms with Crippen molar-refractivity contribution in [2.75, 3.05) is 13.2 Å². The second-order valence-corrected chi connectivity index (χ2v) is 6.75. The van der Waals surface area contributed by atoms with Crippen molar-refractivity contribution in [2.24, 2.45) is 11.3 Å². The number of hydrogen-bond donors (Lipinski definition) is 1. The molecule has 0 heterocycles. The molecule has 1 aromatic carbocycles. The first kappa shape index (κ1) is 18.5. The molecule has 1 aromatic rings. The molecule has 1 aliphatic carbocycles. The lowest BCUT2D eigenvalue weighted by atomic mass is 9.69. The first-order valence-corrected chi connectivity index (χ1v) is 9.08. The standard InChI is InChI=1S/C20H29NO3/c1-3-24-19(23)20(2,17-12-8-5-9-13-17)18(22)21-15-14-16-10-6-4-7-11-16/h4,6-7,10-11,17H,3,5,8-9,12-15H2,1-2H3,(H,21,22). The Hall–Kier alpha value is -1.84. The fourth-order valence-corrected chi connectivity index (χ4v) is 3.55. The van der Waals surface area contributed by atoms with Crippen LogP contribution in [0.4, 0.5) is 0 Å². The molecule has 1 fully saturated rings. The molecule has 1 atom stereocenters. The molecular formula is C20H29NO3. The minimum atomic E-state index is -1.08. The Bertz CT molecular complexity index is 537. The van der Waals surface area contributed by atoms with Gasteiger partial charge in [-0.25, -0.2) is 0 Å². The van der Waals surface area contributed by atoms with E-state index in [-0.39, 0.29) is 17.8 Å². The number of carbonyl (C=O) groups is 2. The summed E-state index contributed by atoms with van der Waals surface area (Å²) in [4.78, 5) is 25.4. The Balaban J connectivity index is 2.02. The van der Waals surface area contributed by atoms with Crippen molar-refractivity contribution in [1.29, 1.82) is 0 Å². The largest absolute Gasteiger partial charge is 0.465 e. The molecule has 4 nitrogen and oxygen atoms in total. The van der Waals surface area contributed by atoms with Gasteiger partial charge in [0.1, 0.15) is 5.41 Å². The summed E-state index contributed by atoms with van der Waals surface area (Å²) in [6, 6.07) is 10.0. The summed E-state index contributed by atoms with van der Waals surface area (Å²) < 4.78 is 5.25. The van der Waals surface area contributed by atoms with E-state index in [0.29, 0.717) is 13.2 Å². The van der Waals surface area contributed by atoms with E-state index in [1.807, 2.05) is 30.3 Å². The van der Waals surface area contributed by atoms with Gasteiger partial charge in [0, 0.05) is 6.54 Å². The number of hydrogen-bond acceptors (Lipinski definition) is 3. The van der Waals surface area contributed by atoms with Crippen molar-refractivity contribution in [3.05, 3.63) is 35.9 Å². The number of amides is 1. The van der Waals surface area contributed by atoms with Crippen LogP contribution in [-0.2, 0) is 20.7 Å². The maximum absolute atomic E-state index is 12.9. The van der Waals surface area contributed by atoms with E-state index in [1.165, 1.54) is 12.0 Å². The van der Waals surface area contributed by atoms with E-state index in [0.717, 1.165) is 32.1 Å². The van der Waals surface area contributed by atoms with Crippen LogP contribution in [0, 0.1) is 11.3 Å². The van der Waals surface area contributed by atoms with Crippen LogP contribution in [0.15, 0.2) is 30.3 Å². The van der Waals surface area contributed by atoms with Gasteiger partial charge in [-0.1, -0.05) is 49.6 Å². The lowest BCUT2D eigenvalue weighted by molar-refractivity contribution is -0.164. The summed E-state index contributed by atoms with van der Waals surface area (Å²) in [6.07, 6.45) is 5.94. The molecule has 0 aliphatic heterocycles. The zero-order valence-corrected chi connectivity index (χ0v) is 14.8. The van der Waals surface area contributed by atoms with Crippen LogP contribution in [0.2, 0.25) is 0 Å². The van der Waals surface area contributed by atoms with Gasteiger partial charge >= 0.3 is 5.97 Å². The highest BCUT2D eigenvalue weighted by molar-refractivity contribution is 6.02. The van der Waals surface area contributed by atoms with Crippen molar-refractivity contribution >= 4 is 11.9 Å². The van der Waals surface area contributed by atoms with E-state index in [2.05, 4.69) is 5.32 Å². The average Bonchev–Trinajstić information content (AvgIpc) is 2.62. The lowest BCUT2D eigenvalue weighted by Crippen LogP contribution is -2.51. The molecule has 4 heteroatoms. The van der Waals surface area contributed by atoms with Gasteiger partial charge in [-0.3, -0.25) is 9.59 Å². The van der Waals surface area contributed by atoms with Crippen LogP contribution in [0.5, 0.6) is 0 Å². The maximum atomic E-state index is 12.9. The van der Waals surface area contributed by atoms with Gasteiger partial charge < -0.3 is 10.1 Å². The Morgan fingerprint density at radius 1 is 1.17 bits per heavy atom. The van der Waals surface area contributed by atoms with Crippen LogP contribution >= 0.6 is 0 Å². The number of ether oxygens (including phenoxy) is 1. The molecule has 1 saturated carbocycles. The number of esters is 1. The molecule has 0 bridgehead atoms. The number of rotatable bonds is 7. The van der Waals surface area contributed by atoms with Crippen LogP contribution in [0.25, 0.3) is 0 Å². The van der Waals surface area contributed by atoms with Crippen LogP contribution in [0.1, 0.15) is 51.5 Å². The molecule has 1 unspecified atom stereocenters. The van der Waals surface area contributed by atoms with Gasteiger partial charge in [0.05, 0.1) is 6.61 Å². The van der Waals surface area contributed by atoms with Gasteiger partial charge in [-0.05, 0) is 44.6 Å². The zero-order chi connectivity index (χ0) is 17.4. The Morgan fingerprint density at radius 3 is 2.46 bits per heavy atom. The third-order valence-electron chi connectivity index (χ3n) is 5.13. The predicted molar refractivity (Wildman–Crippen MR) is 94.5 cm³/mol. The van der Waals surface area contributed by atoms with Gasteiger partial charge in [-0.15, -0.1) is 0 Å². The number of nitrogens with one attached hydrogen (secondary N) is 1. The second kappa shape index (κ2) is 8.86. The van der Waals surface area contributed by atoms with Crippen LogP contribution < -0.4 is 5.32 Å². The van der Waals surface area contributed by atoms with Crippen molar-refractivity contribution in [3.8, 4) is 0 Å². The third-order valence-corrected chi connectivity index (χ3v) is 5.13. The zero-order valence-electron chi connectivity index (χ0n) is 14.8. The first-order chi connectivity index (χ1) is 11.6. The first-order valence-electron chi connectivity index (χ1n) is 9.08. The highest BCUT2D eigenvalue weighted by Gasteiger charge is 2.49. The van der Waals surface area contributed by atoms with Crippen LogP contribution in [0.3, 0.4) is 0 Å². The molecule has 1 aliphatic rings. The quantitative estimate of drug-likeness (QED) is 0.614. The summed E-state index contributed by atoms with van der Waals surface area (Å²) in [5.41, 5.74) is 0.0981. The smallest absolute Gasteiger partial charge is 0.321 e. The number of carbonyl (C=O) groups excluding carboxylic acids is 2. The van der Waals surface area contributed by atoms with E-state index in [4.69, 9.17) is 4.74 Å². The Kier molecular flexibility index (Phi) is 6.83. The maximum Gasteiger partial charge on any atom is 0.321 e. The molecule has 2 rings (SSSR count). The normalized spacial score (nSPS) is 17.8. The van der Waals surface area contributed by atoms with E-state index < -0.39 is 5.41 Å². The number of benzene rings is 1. The van der Waals surface area contributed by atoms with E-state index in [9.17, 15) is 9.59 Å². The molecule has 1 amide bonds. The van der Waals surface area contributed by atoms with Crippen molar-refractivity contribution < 1.29 is 14.3 Å². The van der Waals surface area contributed by atoms with Gasteiger partial charge in [0.15, 0.2) is 0 Å². The molecule has 0 aromatic heterocycles. The van der Waals surface area contributed by atoms with Crippen molar-refractivity contribution in [2.45, 2.75) is 52.4 Å². The summed E-state index contributed by atoms with van der Waals surface area (Å²) in [7, 11) is 0. The summed E-state index contributed by atoms with van der Waals surface area (Å²) in [5.74, 6) is -0.500. The van der Waals surface area contributed by atoms with Crippen LogP contribution in [-0.4, -0.2) is 25.0 Å². The molecule has 0 saturated heterocycles. The van der Waals surface area contributed by atoms with Gasteiger partial charge in [0.25, 0.3) is 0 Å². The molecular weight excluding hydrogens is 302 g/mol. The molecule has 0 radical (unpaired) electrons. The highest BCUT2D eigenvalue weighted by Crippen LogP contribution is 2.39. The van der Waals surface area contributed by atoms with E-state index >= 15 is 0 Å². The topological polar surface area (TPSA) is 55.4 Å². The minimum absolute atomic E-state index is 0.0713. The fraction of sp³-hybridized carbons (Fsp3) is 0.600. The monoisotopic (exact) mass is 331 g/mol. The molecule has 24 heavy (non-hydrogen) atoms. The van der Waals surface area contributed by atoms with E-state index in [1.54, 1.807) is 13.8 Å². The third kappa shape index (κ3) is 4.37. The van der Waals surface area contributed by atoms with Crippen molar-refractivity contribution in [1.82, 2.24) is 5.32 Å².